The molecule has 0 bridgehead atoms. The summed E-state index contributed by atoms with van der Waals surface area (Å²) in [5, 5.41) is 3.07. The highest BCUT2D eigenvalue weighted by Gasteiger charge is 2.15. The van der Waals surface area contributed by atoms with Crippen molar-refractivity contribution in [2.75, 3.05) is 11.1 Å². The molecule has 1 heterocycles. The first-order valence-electron chi connectivity index (χ1n) is 7.17. The number of hydrogen-bond acceptors (Lipinski definition) is 3. The van der Waals surface area contributed by atoms with Gasteiger partial charge in [-0.2, -0.15) is 0 Å². The van der Waals surface area contributed by atoms with Gasteiger partial charge >= 0.3 is 0 Å². The fourth-order valence-corrected chi connectivity index (χ4v) is 2.66. The number of rotatable bonds is 3. The summed E-state index contributed by atoms with van der Waals surface area (Å²) in [7, 11) is 0. The van der Waals surface area contributed by atoms with Gasteiger partial charge in [0.15, 0.2) is 5.76 Å². The Hall–Kier alpha value is -2.79. The first-order chi connectivity index (χ1) is 11.4. The summed E-state index contributed by atoms with van der Waals surface area (Å²) < 4.78 is 18.5. The number of nitrogens with one attached hydrogen (secondary N) is 1. The molecule has 0 unspecified atom stereocenters. The van der Waals surface area contributed by atoms with Gasteiger partial charge in [-0.3, -0.25) is 4.79 Å². The van der Waals surface area contributed by atoms with E-state index in [0.29, 0.717) is 27.7 Å². The highest BCUT2D eigenvalue weighted by atomic mass is 35.5. The summed E-state index contributed by atoms with van der Waals surface area (Å²) >= 11 is 6.12. The lowest BCUT2D eigenvalue weighted by molar-refractivity contribution is 0.0997. The van der Waals surface area contributed by atoms with Gasteiger partial charge in [-0.1, -0.05) is 11.6 Å². The van der Waals surface area contributed by atoms with Gasteiger partial charge in [0.1, 0.15) is 11.6 Å². The minimum absolute atomic E-state index is 0.126. The summed E-state index contributed by atoms with van der Waals surface area (Å²) in [5.41, 5.74) is 8.14. The van der Waals surface area contributed by atoms with Crippen LogP contribution in [0.4, 0.5) is 15.8 Å². The molecular weight excluding hydrogens is 331 g/mol. The molecule has 0 saturated heterocycles. The molecule has 0 radical (unpaired) electrons. The molecule has 0 aliphatic carbocycles. The van der Waals surface area contributed by atoms with E-state index >= 15 is 0 Å². The second kappa shape index (κ2) is 6.37. The molecule has 0 atom stereocenters. The summed E-state index contributed by atoms with van der Waals surface area (Å²) in [6.45, 7) is 1.80. The van der Waals surface area contributed by atoms with E-state index in [4.69, 9.17) is 21.8 Å². The van der Waals surface area contributed by atoms with Gasteiger partial charge in [-0.25, -0.2) is 4.39 Å². The molecule has 0 aliphatic rings. The average molecular weight is 345 g/mol. The predicted molar refractivity (Wildman–Crippen MR) is 92.7 cm³/mol. The zero-order valence-electron chi connectivity index (χ0n) is 12.8. The maximum Gasteiger partial charge on any atom is 0.291 e. The number of benzene rings is 2. The molecule has 24 heavy (non-hydrogen) atoms. The molecule has 2 aromatic carbocycles. The van der Waals surface area contributed by atoms with Gasteiger partial charge in [0.25, 0.3) is 5.91 Å². The van der Waals surface area contributed by atoms with E-state index in [1.807, 2.05) is 0 Å². The monoisotopic (exact) mass is 344 g/mol. The second-order valence-electron chi connectivity index (χ2n) is 5.32. The van der Waals surface area contributed by atoms with E-state index in [2.05, 4.69) is 5.32 Å². The van der Waals surface area contributed by atoms with Crippen molar-refractivity contribution in [2.24, 2.45) is 0 Å². The van der Waals surface area contributed by atoms with Gasteiger partial charge in [0, 0.05) is 11.3 Å². The minimum Gasteiger partial charge on any atom is -0.451 e. The lowest BCUT2D eigenvalue weighted by Gasteiger charge is -2.10. The Labute approximate surface area is 143 Å². The Morgan fingerprint density at radius 2 is 1.88 bits per heavy atom. The normalized spacial score (nSPS) is 10.6. The van der Waals surface area contributed by atoms with Crippen molar-refractivity contribution in [1.29, 1.82) is 0 Å². The third-order valence-electron chi connectivity index (χ3n) is 3.51. The lowest BCUT2D eigenvalue weighted by atomic mass is 10.1. The van der Waals surface area contributed by atoms with Crippen molar-refractivity contribution in [3.8, 4) is 11.3 Å². The SMILES string of the molecule is Cc1cc(N)cc(Cl)c1NC(=O)c1ccc(-c2ccc(F)cc2)o1. The Balaban J connectivity index is 1.83. The number of nitrogens with two attached hydrogens (primary N) is 1. The van der Waals surface area contributed by atoms with Crippen molar-refractivity contribution < 1.29 is 13.6 Å². The highest BCUT2D eigenvalue weighted by Crippen LogP contribution is 2.29. The molecule has 1 aromatic heterocycles. The number of nitrogen functional groups attached to an aromatic ring is 1. The van der Waals surface area contributed by atoms with E-state index in [-0.39, 0.29) is 11.6 Å². The minimum atomic E-state index is -0.432. The van der Waals surface area contributed by atoms with Crippen molar-refractivity contribution in [3.05, 3.63) is 70.7 Å². The molecule has 1 amide bonds. The maximum absolute atomic E-state index is 13.0. The van der Waals surface area contributed by atoms with Crippen LogP contribution in [0.1, 0.15) is 16.1 Å². The fourth-order valence-electron chi connectivity index (χ4n) is 2.33. The quantitative estimate of drug-likeness (QED) is 0.665. The molecule has 0 aliphatic heterocycles. The van der Waals surface area contributed by atoms with Crippen LogP contribution in [0.15, 0.2) is 52.9 Å². The Bertz CT molecular complexity index is 881. The second-order valence-corrected chi connectivity index (χ2v) is 5.73. The predicted octanol–water partition coefficient (Wildman–Crippen LogP) is 4.88. The third-order valence-corrected chi connectivity index (χ3v) is 3.80. The molecule has 4 nitrogen and oxygen atoms in total. The summed E-state index contributed by atoms with van der Waals surface area (Å²) in [6.07, 6.45) is 0. The standard InChI is InChI=1S/C18H14ClFN2O2/c1-10-8-13(21)9-14(19)17(10)22-18(23)16-7-6-15(24-16)11-2-4-12(20)5-3-11/h2-9H,21H2,1H3,(H,22,23). The first-order valence-corrected chi connectivity index (χ1v) is 7.54. The molecule has 0 spiro atoms. The highest BCUT2D eigenvalue weighted by molar-refractivity contribution is 6.34. The fraction of sp³-hybridized carbons (Fsp3) is 0.0556. The number of carbonyl (C=O) groups excluding carboxylic acids is 1. The largest absolute Gasteiger partial charge is 0.451 e. The van der Waals surface area contributed by atoms with E-state index in [0.717, 1.165) is 5.56 Å². The van der Waals surface area contributed by atoms with Crippen molar-refractivity contribution >= 4 is 28.9 Å². The van der Waals surface area contributed by atoms with Gasteiger partial charge in [0.2, 0.25) is 0 Å². The summed E-state index contributed by atoms with van der Waals surface area (Å²) in [5.74, 6) is -0.170. The molecule has 3 rings (SSSR count). The average Bonchev–Trinajstić information content (AvgIpc) is 3.01. The van der Waals surface area contributed by atoms with Crippen molar-refractivity contribution in [2.45, 2.75) is 6.92 Å². The molecular formula is C18H14ClFN2O2. The number of hydrogen-bond donors (Lipinski definition) is 2. The number of amides is 1. The number of carbonyl (C=O) groups is 1. The van der Waals surface area contributed by atoms with Gasteiger partial charge < -0.3 is 15.5 Å². The van der Waals surface area contributed by atoms with Crippen molar-refractivity contribution in [3.63, 3.8) is 0 Å². The van der Waals surface area contributed by atoms with Crippen LogP contribution in [0.2, 0.25) is 5.02 Å². The Kier molecular flexibility index (Phi) is 4.27. The number of halogens is 2. The molecule has 0 saturated carbocycles. The van der Waals surface area contributed by atoms with Gasteiger partial charge in [0.05, 0.1) is 10.7 Å². The van der Waals surface area contributed by atoms with Crippen LogP contribution in [0.25, 0.3) is 11.3 Å². The lowest BCUT2D eigenvalue weighted by Crippen LogP contribution is -2.12. The smallest absolute Gasteiger partial charge is 0.291 e. The number of furan rings is 1. The topological polar surface area (TPSA) is 68.3 Å². The van der Waals surface area contributed by atoms with Crippen LogP contribution in [0.5, 0.6) is 0 Å². The number of anilines is 2. The van der Waals surface area contributed by atoms with Crippen molar-refractivity contribution in [1.82, 2.24) is 0 Å². The van der Waals surface area contributed by atoms with E-state index in [1.54, 1.807) is 43.3 Å². The molecule has 6 heteroatoms. The zero-order chi connectivity index (χ0) is 17.3. The maximum atomic E-state index is 13.0. The summed E-state index contributed by atoms with van der Waals surface area (Å²) in [6, 6.07) is 12.3. The van der Waals surface area contributed by atoms with Gasteiger partial charge in [-0.05, 0) is 61.0 Å². The molecule has 3 N–H and O–H groups in total. The molecule has 0 fully saturated rings. The third kappa shape index (κ3) is 3.26. The molecule has 122 valence electrons. The van der Waals surface area contributed by atoms with E-state index in [1.165, 1.54) is 12.1 Å². The van der Waals surface area contributed by atoms with Crippen LogP contribution in [0, 0.1) is 12.7 Å². The Morgan fingerprint density at radius 1 is 1.17 bits per heavy atom. The Morgan fingerprint density at radius 3 is 2.54 bits per heavy atom. The number of aryl methyl sites for hydroxylation is 1. The summed E-state index contributed by atoms with van der Waals surface area (Å²) in [4.78, 5) is 12.3. The molecule has 3 aromatic rings. The van der Waals surface area contributed by atoms with Crippen LogP contribution in [-0.4, -0.2) is 5.91 Å². The van der Waals surface area contributed by atoms with Crippen LogP contribution < -0.4 is 11.1 Å². The first kappa shape index (κ1) is 16.1. The van der Waals surface area contributed by atoms with Crippen LogP contribution in [0.3, 0.4) is 0 Å². The zero-order valence-corrected chi connectivity index (χ0v) is 13.5. The van der Waals surface area contributed by atoms with Crippen LogP contribution >= 0.6 is 11.6 Å². The van der Waals surface area contributed by atoms with Gasteiger partial charge in [-0.15, -0.1) is 0 Å². The van der Waals surface area contributed by atoms with E-state index < -0.39 is 5.91 Å². The van der Waals surface area contributed by atoms with Crippen LogP contribution in [-0.2, 0) is 0 Å². The van der Waals surface area contributed by atoms with E-state index in [9.17, 15) is 9.18 Å².